The molecule has 0 heterocycles. The summed E-state index contributed by atoms with van der Waals surface area (Å²) in [6.07, 6.45) is -0.120. The predicted molar refractivity (Wildman–Crippen MR) is 124 cm³/mol. The third kappa shape index (κ3) is 9.65. The topological polar surface area (TPSA) is 96.5 Å². The second kappa shape index (κ2) is 11.5. The fraction of sp³-hybridized carbons (Fsp3) is 0.348. The molecule has 3 amide bonds. The van der Waals surface area contributed by atoms with Crippen LogP contribution in [0.1, 0.15) is 38.3 Å². The lowest BCUT2D eigenvalue weighted by molar-refractivity contribution is -0.120. The maximum absolute atomic E-state index is 12.1. The molecular weight excluding hydrogens is 462 g/mol. The van der Waals surface area contributed by atoms with Gasteiger partial charge in [-0.15, -0.1) is 0 Å². The van der Waals surface area contributed by atoms with Gasteiger partial charge in [0.2, 0.25) is 11.8 Å². The predicted octanol–water partition coefficient (Wildman–Crippen LogP) is 4.16. The summed E-state index contributed by atoms with van der Waals surface area (Å²) < 4.78 is 6.02. The first-order valence-corrected chi connectivity index (χ1v) is 10.8. The highest BCUT2D eigenvalue weighted by Crippen LogP contribution is 2.16. The molecule has 2 rings (SSSR count). The lowest BCUT2D eigenvalue weighted by Crippen LogP contribution is -2.34. The molecule has 8 heteroatoms. The van der Waals surface area contributed by atoms with Crippen molar-refractivity contribution in [2.75, 3.05) is 11.9 Å². The van der Waals surface area contributed by atoms with Gasteiger partial charge in [-0.3, -0.25) is 9.59 Å². The summed E-state index contributed by atoms with van der Waals surface area (Å²) in [5.74, 6) is -0.285. The molecule has 0 atom stereocenters. The van der Waals surface area contributed by atoms with Crippen LogP contribution in [0.25, 0.3) is 0 Å². The Labute approximate surface area is 191 Å². The van der Waals surface area contributed by atoms with Crippen molar-refractivity contribution < 1.29 is 19.1 Å². The smallest absolute Gasteiger partial charge is 0.407 e. The molecule has 3 N–H and O–H groups in total. The van der Waals surface area contributed by atoms with Gasteiger partial charge < -0.3 is 20.7 Å². The number of alkyl carbamates (subject to hydrolysis) is 1. The summed E-state index contributed by atoms with van der Waals surface area (Å²) in [5, 5.41) is 8.21. The Balaban J connectivity index is 1.71. The standard InChI is InChI=1S/C23H28BrN3O4/c1-23(2,3)31-22(30)25-13-12-20(28)27-18-10-8-16(9-11-18)15-26-21(29)14-17-6-4-5-7-19(17)24/h4-11H,12-15H2,1-3H3,(H,25,30)(H,26,29)(H,27,28). The number of carbonyl (C=O) groups is 3. The zero-order chi connectivity index (χ0) is 22.9. The van der Waals surface area contributed by atoms with Gasteiger partial charge in [0.25, 0.3) is 0 Å². The minimum absolute atomic E-state index is 0.0678. The minimum atomic E-state index is -0.577. The molecular formula is C23H28BrN3O4. The number of hydrogen-bond acceptors (Lipinski definition) is 4. The molecule has 0 aliphatic heterocycles. The number of amides is 3. The number of anilines is 1. The largest absolute Gasteiger partial charge is 0.444 e. The summed E-state index contributed by atoms with van der Waals surface area (Å²) in [6, 6.07) is 14.8. The van der Waals surface area contributed by atoms with E-state index in [0.717, 1.165) is 15.6 Å². The fourth-order valence-electron chi connectivity index (χ4n) is 2.60. The van der Waals surface area contributed by atoms with Crippen molar-refractivity contribution in [1.82, 2.24) is 10.6 Å². The molecule has 0 saturated carbocycles. The Hall–Kier alpha value is -2.87. The number of nitrogens with one attached hydrogen (secondary N) is 3. The molecule has 0 aliphatic rings. The van der Waals surface area contributed by atoms with Gasteiger partial charge in [0.15, 0.2) is 0 Å². The van der Waals surface area contributed by atoms with Crippen LogP contribution in [0.15, 0.2) is 53.0 Å². The molecule has 0 saturated heterocycles. The van der Waals surface area contributed by atoms with E-state index in [-0.39, 0.29) is 24.8 Å². The number of halogens is 1. The van der Waals surface area contributed by atoms with E-state index in [2.05, 4.69) is 31.9 Å². The number of carbonyl (C=O) groups excluding carboxylic acids is 3. The van der Waals surface area contributed by atoms with Gasteiger partial charge in [-0.1, -0.05) is 46.3 Å². The molecule has 0 aliphatic carbocycles. The van der Waals surface area contributed by atoms with Crippen LogP contribution in [0, 0.1) is 0 Å². The lowest BCUT2D eigenvalue weighted by Gasteiger charge is -2.19. The Morgan fingerprint density at radius 2 is 1.61 bits per heavy atom. The number of hydrogen-bond donors (Lipinski definition) is 3. The van der Waals surface area contributed by atoms with Crippen molar-refractivity contribution in [3.63, 3.8) is 0 Å². The van der Waals surface area contributed by atoms with E-state index in [1.165, 1.54) is 0 Å². The van der Waals surface area contributed by atoms with Crippen LogP contribution in [0.4, 0.5) is 10.5 Å². The van der Waals surface area contributed by atoms with Gasteiger partial charge in [-0.25, -0.2) is 4.79 Å². The van der Waals surface area contributed by atoms with E-state index in [4.69, 9.17) is 4.74 Å². The first-order valence-electron chi connectivity index (χ1n) is 9.98. The molecule has 0 aromatic heterocycles. The quantitative estimate of drug-likeness (QED) is 0.518. The minimum Gasteiger partial charge on any atom is -0.444 e. The van der Waals surface area contributed by atoms with Crippen LogP contribution in [-0.4, -0.2) is 30.1 Å². The van der Waals surface area contributed by atoms with E-state index >= 15 is 0 Å². The van der Waals surface area contributed by atoms with Crippen LogP contribution in [0.5, 0.6) is 0 Å². The molecule has 166 valence electrons. The molecule has 0 spiro atoms. The van der Waals surface area contributed by atoms with Crippen molar-refractivity contribution in [3.8, 4) is 0 Å². The highest BCUT2D eigenvalue weighted by molar-refractivity contribution is 9.10. The summed E-state index contributed by atoms with van der Waals surface area (Å²) in [6.45, 7) is 5.91. The van der Waals surface area contributed by atoms with Gasteiger partial charge in [0.05, 0.1) is 6.42 Å². The van der Waals surface area contributed by atoms with Crippen molar-refractivity contribution in [2.24, 2.45) is 0 Å². The van der Waals surface area contributed by atoms with E-state index < -0.39 is 11.7 Å². The maximum Gasteiger partial charge on any atom is 0.407 e. The Bertz CT molecular complexity index is 908. The van der Waals surface area contributed by atoms with Crippen molar-refractivity contribution in [1.29, 1.82) is 0 Å². The third-order valence-corrected chi connectivity index (χ3v) is 4.83. The fourth-order valence-corrected chi connectivity index (χ4v) is 3.02. The third-order valence-electron chi connectivity index (χ3n) is 4.06. The van der Waals surface area contributed by atoms with Crippen LogP contribution in [-0.2, 0) is 27.3 Å². The van der Waals surface area contributed by atoms with Gasteiger partial charge in [-0.05, 0) is 50.1 Å². The molecule has 2 aromatic carbocycles. The van der Waals surface area contributed by atoms with E-state index in [1.54, 1.807) is 32.9 Å². The van der Waals surface area contributed by atoms with Crippen LogP contribution in [0.3, 0.4) is 0 Å². The number of benzene rings is 2. The van der Waals surface area contributed by atoms with E-state index in [0.29, 0.717) is 18.7 Å². The van der Waals surface area contributed by atoms with Crippen molar-refractivity contribution >= 4 is 39.5 Å². The van der Waals surface area contributed by atoms with E-state index in [1.807, 2.05) is 36.4 Å². The van der Waals surface area contributed by atoms with Gasteiger partial charge in [0.1, 0.15) is 5.60 Å². The summed E-state index contributed by atoms with van der Waals surface area (Å²) in [4.78, 5) is 35.7. The molecule has 0 bridgehead atoms. The highest BCUT2D eigenvalue weighted by atomic mass is 79.9. The van der Waals surface area contributed by atoms with Gasteiger partial charge in [-0.2, -0.15) is 0 Å². The van der Waals surface area contributed by atoms with E-state index in [9.17, 15) is 14.4 Å². The Morgan fingerprint density at radius 1 is 0.935 bits per heavy atom. The molecule has 0 fully saturated rings. The van der Waals surface area contributed by atoms with Crippen LogP contribution < -0.4 is 16.0 Å². The molecule has 7 nitrogen and oxygen atoms in total. The average Bonchev–Trinajstić information content (AvgIpc) is 2.68. The zero-order valence-electron chi connectivity index (χ0n) is 18.0. The molecule has 0 radical (unpaired) electrons. The van der Waals surface area contributed by atoms with Crippen LogP contribution >= 0.6 is 15.9 Å². The van der Waals surface area contributed by atoms with Crippen molar-refractivity contribution in [2.45, 2.75) is 45.8 Å². The van der Waals surface area contributed by atoms with Gasteiger partial charge in [0, 0.05) is 29.7 Å². The SMILES string of the molecule is CC(C)(C)OC(=O)NCCC(=O)Nc1ccc(CNC(=O)Cc2ccccc2Br)cc1. The highest BCUT2D eigenvalue weighted by Gasteiger charge is 2.16. The zero-order valence-corrected chi connectivity index (χ0v) is 19.5. The number of rotatable bonds is 8. The molecule has 2 aromatic rings. The second-order valence-corrected chi connectivity index (χ2v) is 8.82. The summed E-state index contributed by atoms with van der Waals surface area (Å²) in [7, 11) is 0. The molecule has 31 heavy (non-hydrogen) atoms. The molecule has 0 unspecified atom stereocenters. The summed E-state index contributed by atoms with van der Waals surface area (Å²) >= 11 is 3.44. The average molecular weight is 490 g/mol. The summed E-state index contributed by atoms with van der Waals surface area (Å²) in [5.41, 5.74) is 1.92. The lowest BCUT2D eigenvalue weighted by atomic mass is 10.1. The van der Waals surface area contributed by atoms with Gasteiger partial charge >= 0.3 is 6.09 Å². The first-order chi connectivity index (χ1) is 14.6. The Morgan fingerprint density at radius 3 is 2.26 bits per heavy atom. The normalized spacial score (nSPS) is 10.8. The maximum atomic E-state index is 12.1. The van der Waals surface area contributed by atoms with Crippen molar-refractivity contribution in [3.05, 3.63) is 64.1 Å². The van der Waals surface area contributed by atoms with Crippen LogP contribution in [0.2, 0.25) is 0 Å². The first kappa shape index (κ1) is 24.4. The monoisotopic (exact) mass is 489 g/mol. The number of ether oxygens (including phenoxy) is 1. The second-order valence-electron chi connectivity index (χ2n) is 7.97. The Kier molecular flexibility index (Phi) is 9.05.